The smallest absolute Gasteiger partial charge is 0.285 e. The van der Waals surface area contributed by atoms with Gasteiger partial charge in [0.25, 0.3) is 5.91 Å². The zero-order valence-electron chi connectivity index (χ0n) is 19.2. The van der Waals surface area contributed by atoms with Crippen molar-refractivity contribution in [3.8, 4) is 0 Å². The summed E-state index contributed by atoms with van der Waals surface area (Å²) in [5.74, 6) is 0.279. The van der Waals surface area contributed by atoms with Crippen LogP contribution in [-0.2, 0) is 11.3 Å². The van der Waals surface area contributed by atoms with Crippen molar-refractivity contribution in [2.24, 2.45) is 11.8 Å². The second-order valence-corrected chi connectivity index (χ2v) is 8.95. The fourth-order valence-electron chi connectivity index (χ4n) is 4.22. The number of hydrazine groups is 1. The van der Waals surface area contributed by atoms with E-state index in [9.17, 15) is 9.59 Å². The van der Waals surface area contributed by atoms with E-state index in [1.54, 1.807) is 0 Å². The highest BCUT2D eigenvalue weighted by Gasteiger charge is 2.35. The fourth-order valence-corrected chi connectivity index (χ4v) is 4.22. The summed E-state index contributed by atoms with van der Waals surface area (Å²) in [7, 11) is 0. The highest BCUT2D eigenvalue weighted by Crippen LogP contribution is 2.29. The van der Waals surface area contributed by atoms with Crippen LogP contribution >= 0.6 is 0 Å². The van der Waals surface area contributed by atoms with E-state index in [-0.39, 0.29) is 23.4 Å². The van der Waals surface area contributed by atoms with Crippen molar-refractivity contribution in [2.75, 3.05) is 6.54 Å². The molecule has 1 unspecified atom stereocenters. The van der Waals surface area contributed by atoms with Crippen LogP contribution in [0.25, 0.3) is 0 Å². The van der Waals surface area contributed by atoms with Crippen LogP contribution in [0.3, 0.4) is 0 Å². The third-order valence-electron chi connectivity index (χ3n) is 6.00. The van der Waals surface area contributed by atoms with Gasteiger partial charge in [0.2, 0.25) is 5.91 Å². The molecule has 0 radical (unpaired) electrons. The van der Waals surface area contributed by atoms with Crippen molar-refractivity contribution in [1.29, 1.82) is 0 Å². The third kappa shape index (κ3) is 7.12. The Labute approximate surface area is 191 Å². The summed E-state index contributed by atoms with van der Waals surface area (Å²) in [4.78, 5) is 34.5. The molecule has 2 aromatic rings. The van der Waals surface area contributed by atoms with E-state index in [1.807, 2.05) is 35.3 Å². The summed E-state index contributed by atoms with van der Waals surface area (Å²) in [6, 6.07) is 9.49. The van der Waals surface area contributed by atoms with Crippen LogP contribution in [0.4, 0.5) is 0 Å². The molecular weight excluding hydrogens is 402 g/mol. The standard InChI is InChI=1S/C25H35N5O2/c1-19(2)13-16-30(29-24(31)22-18-26-14-15-27-22)23(21-11-7-4-8-12-21)25(32)28-17-20-9-5-3-6-10-20/h3,5-6,9-10,14-15,18-19,21,23H,4,7-8,11-13,16-17H2,1-2H3,(H,28,32)(H,29,31). The second kappa shape index (κ2) is 12.3. The number of benzene rings is 1. The lowest BCUT2D eigenvalue weighted by molar-refractivity contribution is -0.130. The van der Waals surface area contributed by atoms with Crippen molar-refractivity contribution < 1.29 is 9.59 Å². The molecule has 172 valence electrons. The van der Waals surface area contributed by atoms with Crippen LogP contribution < -0.4 is 10.7 Å². The van der Waals surface area contributed by atoms with Crippen LogP contribution in [0.1, 0.15) is 68.4 Å². The van der Waals surface area contributed by atoms with E-state index in [4.69, 9.17) is 0 Å². The van der Waals surface area contributed by atoms with Crippen LogP contribution in [0.2, 0.25) is 0 Å². The predicted octanol–water partition coefficient (Wildman–Crippen LogP) is 3.73. The first-order chi connectivity index (χ1) is 15.5. The molecule has 1 heterocycles. The lowest BCUT2D eigenvalue weighted by Gasteiger charge is -2.38. The van der Waals surface area contributed by atoms with Gasteiger partial charge in [0.05, 0.1) is 6.20 Å². The molecule has 1 fully saturated rings. The maximum Gasteiger partial charge on any atom is 0.285 e. The van der Waals surface area contributed by atoms with Crippen molar-refractivity contribution >= 4 is 11.8 Å². The minimum absolute atomic E-state index is 0.0380. The van der Waals surface area contributed by atoms with Gasteiger partial charge in [-0.2, -0.15) is 0 Å². The largest absolute Gasteiger partial charge is 0.351 e. The fraction of sp³-hybridized carbons (Fsp3) is 0.520. The molecule has 0 spiro atoms. The van der Waals surface area contributed by atoms with Gasteiger partial charge >= 0.3 is 0 Å². The van der Waals surface area contributed by atoms with E-state index in [1.165, 1.54) is 25.0 Å². The second-order valence-electron chi connectivity index (χ2n) is 8.95. The highest BCUT2D eigenvalue weighted by atomic mass is 16.2. The summed E-state index contributed by atoms with van der Waals surface area (Å²) in [5, 5.41) is 4.97. The van der Waals surface area contributed by atoms with E-state index in [0.29, 0.717) is 19.0 Å². The summed E-state index contributed by atoms with van der Waals surface area (Å²) in [5.41, 5.74) is 4.30. The summed E-state index contributed by atoms with van der Waals surface area (Å²) >= 11 is 0. The lowest BCUT2D eigenvalue weighted by atomic mass is 9.83. The molecule has 7 heteroatoms. The zero-order chi connectivity index (χ0) is 22.8. The van der Waals surface area contributed by atoms with Gasteiger partial charge in [-0.3, -0.25) is 20.0 Å². The van der Waals surface area contributed by atoms with Gasteiger partial charge in [-0.05, 0) is 36.7 Å². The number of nitrogens with one attached hydrogen (secondary N) is 2. The minimum Gasteiger partial charge on any atom is -0.351 e. The average Bonchev–Trinajstić information content (AvgIpc) is 2.83. The molecule has 1 aromatic carbocycles. The number of rotatable bonds is 10. The third-order valence-corrected chi connectivity index (χ3v) is 6.00. The van der Waals surface area contributed by atoms with Crippen LogP contribution in [0, 0.1) is 11.8 Å². The molecule has 0 saturated heterocycles. The predicted molar refractivity (Wildman–Crippen MR) is 124 cm³/mol. The summed E-state index contributed by atoms with van der Waals surface area (Å²) in [6.45, 7) is 5.37. The first-order valence-corrected chi connectivity index (χ1v) is 11.7. The Kier molecular flexibility index (Phi) is 9.16. The highest BCUT2D eigenvalue weighted by molar-refractivity contribution is 5.92. The SMILES string of the molecule is CC(C)CCN(NC(=O)c1cnccn1)C(C(=O)NCc1ccccc1)C1CCCCC1. The molecule has 3 rings (SSSR count). The number of hydrogen-bond acceptors (Lipinski definition) is 5. The van der Waals surface area contributed by atoms with Crippen molar-refractivity contribution in [2.45, 2.75) is 65.0 Å². The first-order valence-electron chi connectivity index (χ1n) is 11.7. The van der Waals surface area contributed by atoms with Crippen molar-refractivity contribution in [1.82, 2.24) is 25.7 Å². The normalized spacial score (nSPS) is 15.5. The minimum atomic E-state index is -0.418. The average molecular weight is 438 g/mol. The van der Waals surface area contributed by atoms with Gasteiger partial charge in [-0.15, -0.1) is 0 Å². The summed E-state index contributed by atoms with van der Waals surface area (Å²) < 4.78 is 0. The van der Waals surface area contributed by atoms with Crippen LogP contribution in [0.5, 0.6) is 0 Å². The molecule has 1 atom stereocenters. The lowest BCUT2D eigenvalue weighted by Crippen LogP contribution is -2.58. The van der Waals surface area contributed by atoms with Gasteiger partial charge in [0.15, 0.2) is 0 Å². The Bertz CT molecular complexity index is 838. The molecule has 2 N–H and O–H groups in total. The monoisotopic (exact) mass is 437 g/mol. The Morgan fingerprint density at radius 2 is 1.84 bits per heavy atom. The number of hydrogen-bond donors (Lipinski definition) is 2. The van der Waals surface area contributed by atoms with E-state index < -0.39 is 6.04 Å². The van der Waals surface area contributed by atoms with Crippen LogP contribution in [-0.4, -0.2) is 39.4 Å². The molecule has 0 bridgehead atoms. The van der Waals surface area contributed by atoms with E-state index in [2.05, 4.69) is 34.6 Å². The number of carbonyl (C=O) groups excluding carboxylic acids is 2. The molecule has 1 saturated carbocycles. The van der Waals surface area contributed by atoms with Crippen LogP contribution in [0.15, 0.2) is 48.9 Å². The summed E-state index contributed by atoms with van der Waals surface area (Å²) in [6.07, 6.45) is 10.8. The Morgan fingerprint density at radius 3 is 2.50 bits per heavy atom. The number of carbonyl (C=O) groups is 2. The van der Waals surface area contributed by atoms with Crippen molar-refractivity contribution in [3.05, 3.63) is 60.2 Å². The maximum atomic E-state index is 13.5. The quantitative estimate of drug-likeness (QED) is 0.553. The first kappa shape index (κ1) is 23.9. The van der Waals surface area contributed by atoms with Gasteiger partial charge < -0.3 is 5.32 Å². The Balaban J connectivity index is 1.80. The number of nitrogens with zero attached hydrogens (tertiary/aromatic N) is 3. The molecule has 1 aliphatic carbocycles. The Morgan fingerprint density at radius 1 is 1.09 bits per heavy atom. The van der Waals surface area contributed by atoms with E-state index >= 15 is 0 Å². The molecule has 7 nitrogen and oxygen atoms in total. The Hall–Kier alpha value is -2.80. The number of aromatic nitrogens is 2. The van der Waals surface area contributed by atoms with Crippen molar-refractivity contribution in [3.63, 3.8) is 0 Å². The molecule has 1 aliphatic rings. The molecule has 2 amide bonds. The maximum absolute atomic E-state index is 13.5. The van der Waals surface area contributed by atoms with E-state index in [0.717, 1.165) is 37.7 Å². The molecule has 0 aliphatic heterocycles. The number of amides is 2. The van der Waals surface area contributed by atoms with Gasteiger partial charge in [-0.1, -0.05) is 63.4 Å². The molecular formula is C25H35N5O2. The van der Waals surface area contributed by atoms with Gasteiger partial charge in [0.1, 0.15) is 11.7 Å². The topological polar surface area (TPSA) is 87.2 Å². The zero-order valence-corrected chi connectivity index (χ0v) is 19.2. The molecule has 1 aromatic heterocycles. The van der Waals surface area contributed by atoms with Gasteiger partial charge in [0, 0.05) is 25.5 Å². The molecule has 32 heavy (non-hydrogen) atoms. The van der Waals surface area contributed by atoms with Gasteiger partial charge in [-0.25, -0.2) is 9.99 Å².